The van der Waals surface area contributed by atoms with Crippen molar-refractivity contribution < 1.29 is 4.79 Å². The lowest BCUT2D eigenvalue weighted by Crippen LogP contribution is -2.43. The van der Waals surface area contributed by atoms with E-state index >= 15 is 0 Å². The molecule has 1 amide bonds. The molecule has 1 N–H and O–H groups in total. The molecule has 0 aromatic carbocycles. The van der Waals surface area contributed by atoms with Crippen LogP contribution in [0.15, 0.2) is 36.9 Å². The Balaban J connectivity index is 1.59. The molecule has 1 aliphatic heterocycles. The van der Waals surface area contributed by atoms with Crippen LogP contribution in [0.2, 0.25) is 0 Å². The molecule has 25 heavy (non-hydrogen) atoms. The SMILES string of the molecule is CN(C)C[C@@H]1CN(c2ncccn2)C[C@H]1NC(=O)CCn1cccn1. The van der Waals surface area contributed by atoms with Crippen LogP contribution in [-0.4, -0.2) is 70.3 Å². The summed E-state index contributed by atoms with van der Waals surface area (Å²) in [5.41, 5.74) is 0. The molecule has 0 unspecified atom stereocenters. The van der Waals surface area contributed by atoms with Gasteiger partial charge in [-0.05, 0) is 26.2 Å². The summed E-state index contributed by atoms with van der Waals surface area (Å²) >= 11 is 0. The number of hydrogen-bond donors (Lipinski definition) is 1. The standard InChI is InChI=1S/C17H25N7O/c1-22(2)11-14-12-23(17-18-6-3-7-19-17)13-15(14)21-16(25)5-10-24-9-4-8-20-24/h3-4,6-9,14-15H,5,10-13H2,1-2H3,(H,21,25)/t14-,15-/m1/s1. The van der Waals surface area contributed by atoms with Gasteiger partial charge in [0.05, 0.1) is 6.04 Å². The van der Waals surface area contributed by atoms with Crippen molar-refractivity contribution >= 4 is 11.9 Å². The van der Waals surface area contributed by atoms with Gasteiger partial charge in [0.25, 0.3) is 0 Å². The number of carbonyl (C=O) groups is 1. The van der Waals surface area contributed by atoms with E-state index in [1.807, 2.05) is 18.3 Å². The Morgan fingerprint density at radius 2 is 2.04 bits per heavy atom. The molecule has 1 fully saturated rings. The Morgan fingerprint density at radius 1 is 1.24 bits per heavy atom. The first-order chi connectivity index (χ1) is 12.1. The summed E-state index contributed by atoms with van der Waals surface area (Å²) < 4.78 is 1.77. The maximum atomic E-state index is 12.4. The van der Waals surface area contributed by atoms with Crippen molar-refractivity contribution in [3.63, 3.8) is 0 Å². The monoisotopic (exact) mass is 343 g/mol. The molecule has 0 aliphatic carbocycles. The van der Waals surface area contributed by atoms with Crippen LogP contribution in [-0.2, 0) is 11.3 Å². The van der Waals surface area contributed by atoms with Crippen molar-refractivity contribution in [3.8, 4) is 0 Å². The van der Waals surface area contributed by atoms with Gasteiger partial charge >= 0.3 is 0 Å². The number of anilines is 1. The van der Waals surface area contributed by atoms with Crippen molar-refractivity contribution in [1.82, 2.24) is 30.0 Å². The van der Waals surface area contributed by atoms with Gasteiger partial charge in [-0.1, -0.05) is 0 Å². The number of hydrogen-bond acceptors (Lipinski definition) is 6. The van der Waals surface area contributed by atoms with Gasteiger partial charge in [0.2, 0.25) is 11.9 Å². The Labute approximate surface area is 147 Å². The third kappa shape index (κ3) is 4.76. The molecular formula is C17H25N7O. The minimum absolute atomic E-state index is 0.0556. The topological polar surface area (TPSA) is 79.2 Å². The first-order valence-electron chi connectivity index (χ1n) is 8.55. The zero-order chi connectivity index (χ0) is 17.6. The van der Waals surface area contributed by atoms with Crippen LogP contribution in [0.4, 0.5) is 5.95 Å². The molecule has 8 nitrogen and oxygen atoms in total. The number of carbonyl (C=O) groups excluding carboxylic acids is 1. The zero-order valence-electron chi connectivity index (χ0n) is 14.7. The third-order valence-corrected chi connectivity index (χ3v) is 4.35. The van der Waals surface area contributed by atoms with Gasteiger partial charge in [0, 0.05) is 63.3 Å². The predicted molar refractivity (Wildman–Crippen MR) is 95.1 cm³/mol. The van der Waals surface area contributed by atoms with Gasteiger partial charge in [-0.3, -0.25) is 9.48 Å². The van der Waals surface area contributed by atoms with Crippen LogP contribution in [0.1, 0.15) is 6.42 Å². The Hall–Kier alpha value is -2.48. The van der Waals surface area contributed by atoms with Gasteiger partial charge < -0.3 is 15.1 Å². The van der Waals surface area contributed by atoms with E-state index in [1.165, 1.54) is 0 Å². The highest BCUT2D eigenvalue weighted by Crippen LogP contribution is 2.21. The van der Waals surface area contributed by atoms with E-state index < -0.39 is 0 Å². The fourth-order valence-corrected chi connectivity index (χ4v) is 3.23. The number of nitrogens with one attached hydrogen (secondary N) is 1. The lowest BCUT2D eigenvalue weighted by atomic mass is 10.0. The molecule has 8 heteroatoms. The van der Waals surface area contributed by atoms with E-state index in [0.717, 1.165) is 25.6 Å². The summed E-state index contributed by atoms with van der Waals surface area (Å²) in [6, 6.07) is 3.77. The molecule has 0 saturated carbocycles. The van der Waals surface area contributed by atoms with Gasteiger partial charge in [-0.2, -0.15) is 5.10 Å². The summed E-state index contributed by atoms with van der Waals surface area (Å²) in [6.07, 6.45) is 7.51. The number of nitrogens with zero attached hydrogens (tertiary/aromatic N) is 6. The van der Waals surface area contributed by atoms with E-state index in [4.69, 9.17) is 0 Å². The van der Waals surface area contributed by atoms with Crippen LogP contribution in [0.3, 0.4) is 0 Å². The Bertz CT molecular complexity index is 659. The maximum Gasteiger partial charge on any atom is 0.225 e. The number of aryl methyl sites for hydroxylation is 1. The molecule has 0 bridgehead atoms. The second-order valence-electron chi connectivity index (χ2n) is 6.67. The number of rotatable bonds is 7. The van der Waals surface area contributed by atoms with Crippen molar-refractivity contribution in [1.29, 1.82) is 0 Å². The summed E-state index contributed by atoms with van der Waals surface area (Å²) in [4.78, 5) is 25.3. The number of amides is 1. The first kappa shape index (κ1) is 17.3. The molecule has 1 saturated heterocycles. The highest BCUT2D eigenvalue weighted by atomic mass is 16.1. The maximum absolute atomic E-state index is 12.4. The molecule has 0 radical (unpaired) electrons. The average molecular weight is 343 g/mol. The van der Waals surface area contributed by atoms with Crippen molar-refractivity contribution in [3.05, 3.63) is 36.9 Å². The van der Waals surface area contributed by atoms with E-state index in [0.29, 0.717) is 18.9 Å². The zero-order valence-corrected chi connectivity index (χ0v) is 14.7. The molecule has 2 aromatic heterocycles. The minimum Gasteiger partial charge on any atom is -0.351 e. The molecule has 0 spiro atoms. The molecule has 2 aromatic rings. The van der Waals surface area contributed by atoms with Gasteiger partial charge in [-0.15, -0.1) is 0 Å². The van der Waals surface area contributed by atoms with Crippen LogP contribution in [0.25, 0.3) is 0 Å². The number of aromatic nitrogens is 4. The lowest BCUT2D eigenvalue weighted by molar-refractivity contribution is -0.122. The summed E-state index contributed by atoms with van der Waals surface area (Å²) in [6.45, 7) is 3.07. The van der Waals surface area contributed by atoms with E-state index in [2.05, 4.69) is 44.3 Å². The summed E-state index contributed by atoms with van der Waals surface area (Å²) in [5.74, 6) is 1.12. The van der Waals surface area contributed by atoms with Gasteiger partial charge in [0.1, 0.15) is 0 Å². The largest absolute Gasteiger partial charge is 0.351 e. The molecule has 3 heterocycles. The van der Waals surface area contributed by atoms with Crippen LogP contribution < -0.4 is 10.2 Å². The second kappa shape index (κ2) is 8.06. The highest BCUT2D eigenvalue weighted by molar-refractivity contribution is 5.76. The molecule has 3 rings (SSSR count). The van der Waals surface area contributed by atoms with Crippen molar-refractivity contribution in [2.75, 3.05) is 38.6 Å². The van der Waals surface area contributed by atoms with Crippen LogP contribution >= 0.6 is 0 Å². The molecular weight excluding hydrogens is 318 g/mol. The fraction of sp³-hybridized carbons (Fsp3) is 0.529. The average Bonchev–Trinajstić information content (AvgIpc) is 3.24. The first-order valence-corrected chi connectivity index (χ1v) is 8.55. The van der Waals surface area contributed by atoms with Gasteiger partial charge in [-0.25, -0.2) is 9.97 Å². The molecule has 1 aliphatic rings. The van der Waals surface area contributed by atoms with Crippen molar-refractivity contribution in [2.45, 2.75) is 19.0 Å². The normalized spacial score (nSPS) is 20.2. The highest BCUT2D eigenvalue weighted by Gasteiger charge is 2.35. The van der Waals surface area contributed by atoms with Crippen molar-refractivity contribution in [2.24, 2.45) is 5.92 Å². The quantitative estimate of drug-likeness (QED) is 0.776. The summed E-state index contributed by atoms with van der Waals surface area (Å²) in [7, 11) is 4.11. The van der Waals surface area contributed by atoms with E-state index in [1.54, 1.807) is 23.3 Å². The van der Waals surface area contributed by atoms with Crippen LogP contribution in [0.5, 0.6) is 0 Å². The molecule has 134 valence electrons. The predicted octanol–water partition coefficient (Wildman–Crippen LogP) is 0.246. The van der Waals surface area contributed by atoms with E-state index in [9.17, 15) is 4.79 Å². The Morgan fingerprint density at radius 3 is 2.72 bits per heavy atom. The Kier molecular flexibility index (Phi) is 5.60. The van der Waals surface area contributed by atoms with Crippen LogP contribution in [0, 0.1) is 5.92 Å². The second-order valence-corrected chi connectivity index (χ2v) is 6.67. The minimum atomic E-state index is 0.0556. The van der Waals surface area contributed by atoms with Gasteiger partial charge in [0.15, 0.2) is 0 Å². The van der Waals surface area contributed by atoms with E-state index in [-0.39, 0.29) is 11.9 Å². The molecule has 2 atom stereocenters. The smallest absolute Gasteiger partial charge is 0.225 e. The summed E-state index contributed by atoms with van der Waals surface area (Å²) in [5, 5.41) is 7.32. The lowest BCUT2D eigenvalue weighted by Gasteiger charge is -2.22. The third-order valence-electron chi connectivity index (χ3n) is 4.35. The fourth-order valence-electron chi connectivity index (χ4n) is 3.23.